The maximum atomic E-state index is 13.7. The van der Waals surface area contributed by atoms with Crippen LogP contribution in [0.1, 0.15) is 43.0 Å². The summed E-state index contributed by atoms with van der Waals surface area (Å²) in [4.78, 5) is 50.6. The number of benzene rings is 3. The molecule has 0 spiro atoms. The predicted molar refractivity (Wildman–Crippen MR) is 152 cm³/mol. The molecule has 14 heteroatoms. The summed E-state index contributed by atoms with van der Waals surface area (Å²) in [5, 5.41) is 0. The van der Waals surface area contributed by atoms with Crippen LogP contribution in [0.5, 0.6) is 0 Å². The first-order valence-electron chi connectivity index (χ1n) is 13.8. The quantitative estimate of drug-likeness (QED) is 0.169. The number of carbonyl (C=O) groups is 3. The molecule has 0 amide bonds. The lowest BCUT2D eigenvalue weighted by molar-refractivity contribution is -0.140. The Bertz CT molecular complexity index is 1850. The van der Waals surface area contributed by atoms with Gasteiger partial charge in [-0.25, -0.2) is 29.3 Å². The standard InChI is InChI=1S/C32H23F3N4O7/c33-32(34,35)26-23-27(37-17-36-26)39(18-38-23)28-25(46-31(42)21-14-8-3-9-15-21)24(45-30(41)20-12-6-2-7-13-20)22(44-28)16-43-29(40)19-10-4-1-5-11-19/h1-15,17-18,22,24-25,28H,16H2/t22-,24-,25-,28-/m1/s1. The lowest BCUT2D eigenvalue weighted by Gasteiger charge is -2.25. The van der Waals surface area contributed by atoms with E-state index in [0.29, 0.717) is 0 Å². The van der Waals surface area contributed by atoms with Crippen LogP contribution < -0.4 is 0 Å². The van der Waals surface area contributed by atoms with Crippen LogP contribution in [-0.4, -0.2) is 62.3 Å². The Balaban J connectivity index is 1.40. The van der Waals surface area contributed by atoms with Crippen molar-refractivity contribution in [3.8, 4) is 0 Å². The highest BCUT2D eigenvalue weighted by Crippen LogP contribution is 2.38. The van der Waals surface area contributed by atoms with Gasteiger partial charge >= 0.3 is 24.1 Å². The third-order valence-corrected chi connectivity index (χ3v) is 7.08. The van der Waals surface area contributed by atoms with Gasteiger partial charge in [0.1, 0.15) is 24.6 Å². The first kappa shape index (κ1) is 30.4. The van der Waals surface area contributed by atoms with Gasteiger partial charge in [0.25, 0.3) is 0 Å². The molecule has 46 heavy (non-hydrogen) atoms. The van der Waals surface area contributed by atoms with E-state index in [1.807, 2.05) is 0 Å². The third-order valence-electron chi connectivity index (χ3n) is 7.08. The Labute approximate surface area is 258 Å². The highest BCUT2D eigenvalue weighted by atomic mass is 19.4. The molecule has 1 fully saturated rings. The minimum atomic E-state index is -4.85. The van der Waals surface area contributed by atoms with Crippen molar-refractivity contribution in [1.29, 1.82) is 0 Å². The number of alkyl halides is 3. The Hall–Kier alpha value is -5.63. The molecule has 2 aromatic heterocycles. The number of nitrogens with zero attached hydrogens (tertiary/aromatic N) is 4. The minimum Gasteiger partial charge on any atom is -0.459 e. The van der Waals surface area contributed by atoms with Gasteiger partial charge in [0.2, 0.25) is 0 Å². The summed E-state index contributed by atoms with van der Waals surface area (Å²) in [6.45, 7) is -0.480. The zero-order valence-electron chi connectivity index (χ0n) is 23.6. The first-order chi connectivity index (χ1) is 22.2. The molecule has 1 saturated heterocycles. The first-order valence-corrected chi connectivity index (χ1v) is 13.8. The lowest BCUT2D eigenvalue weighted by atomic mass is 10.1. The molecule has 1 aliphatic heterocycles. The van der Waals surface area contributed by atoms with Gasteiger partial charge in [-0.3, -0.25) is 4.57 Å². The molecule has 1 aliphatic rings. The fourth-order valence-electron chi connectivity index (χ4n) is 4.93. The predicted octanol–water partition coefficient (Wildman–Crippen LogP) is 5.05. The van der Waals surface area contributed by atoms with E-state index in [9.17, 15) is 27.6 Å². The molecule has 0 bridgehead atoms. The largest absolute Gasteiger partial charge is 0.459 e. The van der Waals surface area contributed by atoms with Crippen LogP contribution in [0.4, 0.5) is 13.2 Å². The third kappa shape index (κ3) is 6.28. The van der Waals surface area contributed by atoms with E-state index >= 15 is 0 Å². The SMILES string of the molecule is O=C(OC[C@H]1O[C@@H](n2cnc3c(C(F)(F)F)ncnc32)[C@H](OC(=O)c2ccccc2)[C@@H]1OC(=O)c1ccccc1)c1ccccc1. The van der Waals surface area contributed by atoms with Crippen molar-refractivity contribution < 1.29 is 46.5 Å². The molecule has 4 atom stereocenters. The van der Waals surface area contributed by atoms with Crippen LogP contribution in [0.2, 0.25) is 0 Å². The molecule has 11 nitrogen and oxygen atoms in total. The van der Waals surface area contributed by atoms with E-state index in [4.69, 9.17) is 18.9 Å². The van der Waals surface area contributed by atoms with Gasteiger partial charge in [-0.05, 0) is 36.4 Å². The van der Waals surface area contributed by atoms with Crippen molar-refractivity contribution in [3.05, 3.63) is 126 Å². The molecule has 3 aromatic carbocycles. The van der Waals surface area contributed by atoms with Crippen molar-refractivity contribution in [2.24, 2.45) is 0 Å². The van der Waals surface area contributed by atoms with Gasteiger partial charge in [0.15, 0.2) is 29.8 Å². The second-order valence-corrected chi connectivity index (χ2v) is 10.0. The molecule has 0 saturated carbocycles. The van der Waals surface area contributed by atoms with Crippen LogP contribution in [0.3, 0.4) is 0 Å². The average Bonchev–Trinajstić information content (AvgIpc) is 3.65. The maximum absolute atomic E-state index is 13.7. The van der Waals surface area contributed by atoms with Crippen LogP contribution in [0, 0.1) is 0 Å². The van der Waals surface area contributed by atoms with Crippen molar-refractivity contribution >= 4 is 29.1 Å². The monoisotopic (exact) mass is 632 g/mol. The Morgan fingerprint density at radius 3 is 1.78 bits per heavy atom. The molecular formula is C32H23F3N4O7. The summed E-state index contributed by atoms with van der Waals surface area (Å²) >= 11 is 0. The van der Waals surface area contributed by atoms with Crippen LogP contribution in [-0.2, 0) is 25.1 Å². The zero-order chi connectivity index (χ0) is 32.3. The van der Waals surface area contributed by atoms with Crippen LogP contribution in [0.25, 0.3) is 11.2 Å². The number of carbonyl (C=O) groups excluding carboxylic acids is 3. The number of halogens is 3. The average molecular weight is 633 g/mol. The van der Waals surface area contributed by atoms with Crippen LogP contribution >= 0.6 is 0 Å². The summed E-state index contributed by atoms with van der Waals surface area (Å²) in [6.07, 6.45) is -8.66. The van der Waals surface area contributed by atoms with Crippen molar-refractivity contribution in [2.45, 2.75) is 30.7 Å². The summed E-state index contributed by atoms with van der Waals surface area (Å²) < 4.78 is 65.7. The second-order valence-electron chi connectivity index (χ2n) is 10.0. The van der Waals surface area contributed by atoms with E-state index in [1.54, 1.807) is 54.6 Å². The number of hydrogen-bond acceptors (Lipinski definition) is 10. The second kappa shape index (κ2) is 12.8. The number of esters is 3. The highest BCUT2D eigenvalue weighted by Gasteiger charge is 2.52. The molecule has 0 unspecified atom stereocenters. The van der Waals surface area contributed by atoms with Gasteiger partial charge < -0.3 is 18.9 Å². The fourth-order valence-corrected chi connectivity index (χ4v) is 4.93. The normalized spacial score (nSPS) is 19.5. The zero-order valence-corrected chi connectivity index (χ0v) is 23.6. The molecule has 6 rings (SSSR count). The lowest BCUT2D eigenvalue weighted by Crippen LogP contribution is -2.41. The number of aromatic nitrogens is 4. The van der Waals surface area contributed by atoms with Gasteiger partial charge in [-0.2, -0.15) is 13.2 Å². The minimum absolute atomic E-state index is 0.144. The van der Waals surface area contributed by atoms with Crippen LogP contribution in [0.15, 0.2) is 104 Å². The van der Waals surface area contributed by atoms with Crippen molar-refractivity contribution in [2.75, 3.05) is 6.61 Å². The van der Waals surface area contributed by atoms with Gasteiger partial charge in [-0.15, -0.1) is 0 Å². The highest BCUT2D eigenvalue weighted by molar-refractivity contribution is 5.91. The van der Waals surface area contributed by atoms with E-state index in [-0.39, 0.29) is 22.3 Å². The fraction of sp³-hybridized carbons (Fsp3) is 0.188. The number of fused-ring (bicyclic) bond motifs is 1. The van der Waals surface area contributed by atoms with Gasteiger partial charge in [0, 0.05) is 0 Å². The van der Waals surface area contributed by atoms with Gasteiger partial charge in [-0.1, -0.05) is 54.6 Å². The smallest absolute Gasteiger partial charge is 0.435 e. The Morgan fingerprint density at radius 2 is 1.24 bits per heavy atom. The van der Waals surface area contributed by atoms with Gasteiger partial charge in [0.05, 0.1) is 23.0 Å². The maximum Gasteiger partial charge on any atom is 0.435 e. The van der Waals surface area contributed by atoms with E-state index in [0.717, 1.165) is 17.2 Å². The van der Waals surface area contributed by atoms with E-state index in [1.165, 1.54) is 36.4 Å². The Morgan fingerprint density at radius 1 is 0.717 bits per heavy atom. The summed E-state index contributed by atoms with van der Waals surface area (Å²) in [5.41, 5.74) is -1.61. The molecule has 0 radical (unpaired) electrons. The number of imidazole rings is 1. The molecule has 234 valence electrons. The molecule has 5 aromatic rings. The molecule has 3 heterocycles. The van der Waals surface area contributed by atoms with Crippen molar-refractivity contribution in [3.63, 3.8) is 0 Å². The van der Waals surface area contributed by atoms with E-state index in [2.05, 4.69) is 15.0 Å². The van der Waals surface area contributed by atoms with E-state index < -0.39 is 66.4 Å². The Kier molecular flexibility index (Phi) is 8.44. The number of ether oxygens (including phenoxy) is 4. The molecule has 0 aliphatic carbocycles. The summed E-state index contributed by atoms with van der Waals surface area (Å²) in [6, 6.07) is 23.9. The molecular weight excluding hydrogens is 609 g/mol. The summed E-state index contributed by atoms with van der Waals surface area (Å²) in [7, 11) is 0. The number of hydrogen-bond donors (Lipinski definition) is 0. The summed E-state index contributed by atoms with van der Waals surface area (Å²) in [5.74, 6) is -2.36. The number of rotatable bonds is 8. The van der Waals surface area contributed by atoms with Crippen molar-refractivity contribution in [1.82, 2.24) is 19.5 Å². The molecule has 0 N–H and O–H groups in total. The topological polar surface area (TPSA) is 132 Å².